The number of ether oxygens (including phenoxy) is 1. The van der Waals surface area contributed by atoms with Crippen molar-refractivity contribution in [1.29, 1.82) is 0 Å². The highest BCUT2D eigenvalue weighted by molar-refractivity contribution is 7.90. The van der Waals surface area contributed by atoms with Crippen molar-refractivity contribution in [2.75, 3.05) is 19.6 Å². The van der Waals surface area contributed by atoms with E-state index in [-0.39, 0.29) is 12.0 Å². The average molecular weight is 337 g/mol. The van der Waals surface area contributed by atoms with Crippen LogP contribution in [0.2, 0.25) is 0 Å². The molecule has 0 radical (unpaired) electrons. The van der Waals surface area contributed by atoms with Crippen LogP contribution in [-0.4, -0.2) is 65.1 Å². The van der Waals surface area contributed by atoms with Gasteiger partial charge in [-0.15, -0.1) is 0 Å². The number of nitrogens with zero attached hydrogens (tertiary/aromatic N) is 3. The van der Waals surface area contributed by atoms with E-state index in [1.165, 1.54) is 11.2 Å². The maximum Gasteiger partial charge on any atom is 0.220 e. The summed E-state index contributed by atoms with van der Waals surface area (Å²) in [5, 5.41) is -0.555. The van der Waals surface area contributed by atoms with Crippen LogP contribution in [-0.2, 0) is 26.1 Å². The highest BCUT2D eigenvalue weighted by atomic mass is 32.2. The Balaban J connectivity index is 1.63. The van der Waals surface area contributed by atoms with Gasteiger partial charge in [-0.3, -0.25) is 9.78 Å². The van der Waals surface area contributed by atoms with Crippen LogP contribution < -0.4 is 0 Å². The third kappa shape index (κ3) is 2.28. The van der Waals surface area contributed by atoms with E-state index in [1.807, 2.05) is 6.07 Å². The molecule has 2 bridgehead atoms. The van der Waals surface area contributed by atoms with Gasteiger partial charge in [0.15, 0.2) is 0 Å². The smallest absolute Gasteiger partial charge is 0.220 e. The first-order chi connectivity index (χ1) is 10.9. The van der Waals surface area contributed by atoms with Gasteiger partial charge in [0, 0.05) is 39.0 Å². The SMILES string of the molecule is CC(=O)N1C[C@@H]2C[C@@H]3[C@@](C1)(CN(Cc1cccnc1)S3(=O)=O)O2. The van der Waals surface area contributed by atoms with Crippen LogP contribution >= 0.6 is 0 Å². The van der Waals surface area contributed by atoms with Gasteiger partial charge in [-0.25, -0.2) is 8.42 Å². The largest absolute Gasteiger partial charge is 0.365 e. The summed E-state index contributed by atoms with van der Waals surface area (Å²) >= 11 is 0. The van der Waals surface area contributed by atoms with E-state index < -0.39 is 20.9 Å². The fraction of sp³-hybridized carbons (Fsp3) is 0.600. The van der Waals surface area contributed by atoms with Crippen molar-refractivity contribution < 1.29 is 17.9 Å². The van der Waals surface area contributed by atoms with Gasteiger partial charge in [-0.2, -0.15) is 4.31 Å². The number of hydrogen-bond acceptors (Lipinski definition) is 5. The molecule has 4 rings (SSSR count). The normalized spacial score (nSPS) is 35.3. The van der Waals surface area contributed by atoms with Crippen molar-refractivity contribution in [3.63, 3.8) is 0 Å². The minimum absolute atomic E-state index is 0.0265. The summed E-state index contributed by atoms with van der Waals surface area (Å²) in [7, 11) is -3.43. The molecule has 3 fully saturated rings. The van der Waals surface area contributed by atoms with Gasteiger partial charge in [0.05, 0.1) is 12.6 Å². The predicted octanol–water partition coefficient (Wildman–Crippen LogP) is -0.0146. The molecule has 0 N–H and O–H groups in total. The molecule has 4 heterocycles. The number of amides is 1. The number of aromatic nitrogens is 1. The Morgan fingerprint density at radius 1 is 1.48 bits per heavy atom. The molecule has 23 heavy (non-hydrogen) atoms. The van der Waals surface area contributed by atoms with Crippen molar-refractivity contribution in [3.8, 4) is 0 Å². The van der Waals surface area contributed by atoms with Crippen molar-refractivity contribution in [2.24, 2.45) is 0 Å². The fourth-order valence-electron chi connectivity index (χ4n) is 4.03. The first-order valence-corrected chi connectivity index (χ1v) is 9.22. The quantitative estimate of drug-likeness (QED) is 0.758. The van der Waals surface area contributed by atoms with Crippen molar-refractivity contribution in [2.45, 2.75) is 36.8 Å². The second-order valence-electron chi connectivity index (χ2n) is 6.60. The lowest BCUT2D eigenvalue weighted by molar-refractivity contribution is -0.148. The van der Waals surface area contributed by atoms with E-state index >= 15 is 0 Å². The molecule has 0 unspecified atom stereocenters. The molecule has 1 aromatic rings. The number of carbonyl (C=O) groups is 1. The molecule has 1 spiro atoms. The Bertz CT molecular complexity index is 738. The Hall–Kier alpha value is -1.51. The summed E-state index contributed by atoms with van der Waals surface area (Å²) in [6, 6.07) is 3.66. The number of rotatable bonds is 2. The van der Waals surface area contributed by atoms with Gasteiger partial charge < -0.3 is 9.64 Å². The van der Waals surface area contributed by atoms with Crippen molar-refractivity contribution in [1.82, 2.24) is 14.2 Å². The van der Waals surface area contributed by atoms with E-state index in [2.05, 4.69) is 4.98 Å². The highest BCUT2D eigenvalue weighted by Gasteiger charge is 2.65. The van der Waals surface area contributed by atoms with Crippen LogP contribution in [0, 0.1) is 0 Å². The number of carbonyl (C=O) groups excluding carboxylic acids is 1. The van der Waals surface area contributed by atoms with Gasteiger partial charge in [0.2, 0.25) is 15.9 Å². The maximum atomic E-state index is 12.9. The molecule has 0 aromatic carbocycles. The molecular formula is C15H19N3O4S. The molecule has 124 valence electrons. The summed E-state index contributed by atoms with van der Waals surface area (Å²) in [6.07, 6.45) is 3.63. The lowest BCUT2D eigenvalue weighted by Gasteiger charge is -2.39. The molecule has 0 saturated carbocycles. The monoisotopic (exact) mass is 337 g/mol. The van der Waals surface area contributed by atoms with Crippen molar-refractivity contribution in [3.05, 3.63) is 30.1 Å². The number of pyridine rings is 1. The van der Waals surface area contributed by atoms with Crippen LogP contribution in [0.1, 0.15) is 18.9 Å². The standard InChI is InChI=1S/C15H19N3O4S/c1-11(19)17-8-13-5-14-15(9-17,22-13)10-18(23(14,20)21)7-12-3-2-4-16-6-12/h2-4,6,13-14H,5,7-10H2,1H3/t13-,14+,15+/m0/s1. The first kappa shape index (κ1) is 15.0. The van der Waals surface area contributed by atoms with Crippen LogP contribution in [0.25, 0.3) is 0 Å². The summed E-state index contributed by atoms with van der Waals surface area (Å²) in [5.41, 5.74) is 0.0681. The summed E-state index contributed by atoms with van der Waals surface area (Å²) in [4.78, 5) is 17.5. The maximum absolute atomic E-state index is 12.9. The third-order valence-electron chi connectivity index (χ3n) is 5.04. The summed E-state index contributed by atoms with van der Waals surface area (Å²) < 4.78 is 33.4. The van der Waals surface area contributed by atoms with Crippen LogP contribution in [0.3, 0.4) is 0 Å². The van der Waals surface area contributed by atoms with E-state index in [4.69, 9.17) is 4.74 Å². The second kappa shape index (κ2) is 4.99. The van der Waals surface area contributed by atoms with E-state index in [9.17, 15) is 13.2 Å². The fourth-order valence-corrected chi connectivity index (χ4v) is 6.32. The van der Waals surface area contributed by atoms with E-state index in [0.29, 0.717) is 32.6 Å². The van der Waals surface area contributed by atoms with E-state index in [0.717, 1.165) is 5.56 Å². The Morgan fingerprint density at radius 3 is 3.00 bits per heavy atom. The summed E-state index contributed by atoms with van der Waals surface area (Å²) in [5.74, 6) is -0.0265. The molecule has 8 heteroatoms. The zero-order chi connectivity index (χ0) is 16.2. The second-order valence-corrected chi connectivity index (χ2v) is 8.72. The minimum Gasteiger partial charge on any atom is -0.365 e. The van der Waals surface area contributed by atoms with Gasteiger partial charge in [0.25, 0.3) is 0 Å². The average Bonchev–Trinajstić information content (AvgIpc) is 2.87. The Morgan fingerprint density at radius 2 is 2.30 bits per heavy atom. The van der Waals surface area contributed by atoms with Crippen LogP contribution in [0.4, 0.5) is 0 Å². The topological polar surface area (TPSA) is 79.8 Å². The zero-order valence-corrected chi connectivity index (χ0v) is 13.7. The molecule has 1 amide bonds. The molecule has 3 atom stereocenters. The van der Waals surface area contributed by atoms with Crippen molar-refractivity contribution >= 4 is 15.9 Å². The molecule has 3 saturated heterocycles. The molecule has 0 aliphatic carbocycles. The minimum atomic E-state index is -3.43. The van der Waals surface area contributed by atoms with Gasteiger partial charge in [-0.05, 0) is 18.1 Å². The number of fused-ring (bicyclic) bond motifs is 1. The lowest BCUT2D eigenvalue weighted by atomic mass is 9.99. The molecule has 3 aliphatic rings. The number of hydrogen-bond donors (Lipinski definition) is 0. The van der Waals surface area contributed by atoms with Crippen LogP contribution in [0.5, 0.6) is 0 Å². The van der Waals surface area contributed by atoms with Gasteiger partial charge >= 0.3 is 0 Å². The molecule has 1 aromatic heterocycles. The number of likely N-dealkylation sites (tertiary alicyclic amines) is 1. The van der Waals surface area contributed by atoms with Gasteiger partial charge in [0.1, 0.15) is 10.9 Å². The van der Waals surface area contributed by atoms with E-state index in [1.54, 1.807) is 23.4 Å². The highest BCUT2D eigenvalue weighted by Crippen LogP contribution is 2.46. The zero-order valence-electron chi connectivity index (χ0n) is 12.9. The van der Waals surface area contributed by atoms with Gasteiger partial charge in [-0.1, -0.05) is 6.07 Å². The molecule has 7 nitrogen and oxygen atoms in total. The molecule has 3 aliphatic heterocycles. The lowest BCUT2D eigenvalue weighted by Crippen LogP contribution is -2.56. The predicted molar refractivity (Wildman–Crippen MR) is 81.8 cm³/mol. The molecular weight excluding hydrogens is 318 g/mol. The number of morpholine rings is 1. The Kier molecular flexibility index (Phi) is 3.26. The third-order valence-corrected chi connectivity index (χ3v) is 7.36. The summed E-state index contributed by atoms with van der Waals surface area (Å²) in [6.45, 7) is 2.96. The van der Waals surface area contributed by atoms with Crippen LogP contribution in [0.15, 0.2) is 24.5 Å². The number of sulfonamides is 1. The Labute approximate surface area is 135 Å². The first-order valence-electron chi connectivity index (χ1n) is 7.72.